The van der Waals surface area contributed by atoms with Crippen molar-refractivity contribution in [2.45, 2.75) is 20.4 Å². The number of aromatic nitrogens is 5. The van der Waals surface area contributed by atoms with Crippen LogP contribution < -0.4 is 10.6 Å². The van der Waals surface area contributed by atoms with Crippen LogP contribution in [0.4, 0.5) is 5.69 Å². The Hall–Kier alpha value is -5.05. The van der Waals surface area contributed by atoms with E-state index in [4.69, 9.17) is 0 Å². The maximum atomic E-state index is 12.6. The van der Waals surface area contributed by atoms with Gasteiger partial charge in [0.05, 0.1) is 30.3 Å². The second-order valence-corrected chi connectivity index (χ2v) is 8.65. The van der Waals surface area contributed by atoms with E-state index >= 15 is 0 Å². The van der Waals surface area contributed by atoms with E-state index in [2.05, 4.69) is 30.9 Å². The number of aryl methyl sites for hydroxylation is 2. The zero-order valence-corrected chi connectivity index (χ0v) is 20.4. The lowest BCUT2D eigenvalue weighted by Gasteiger charge is -2.07. The molecule has 2 amide bonds. The van der Waals surface area contributed by atoms with Gasteiger partial charge in [-0.1, -0.05) is 48.0 Å². The molecule has 0 saturated heterocycles. The topological polar surface area (TPSA) is 118 Å². The summed E-state index contributed by atoms with van der Waals surface area (Å²) in [6, 6.07) is 22.3. The standard InChI is InChI=1S/C28H25N7O2/c1-18-8-13-24(19(2)14-18)28(37)31-22-15-30-35(17-22)23-11-9-21(10-12-23)27(36)29-16-25-32-26(34-33-25)20-6-4-3-5-7-20/h3-15,17H,16H2,1-2H3,(H,29,36)(H,31,37)(H,32,33,34). The molecule has 5 rings (SSSR count). The van der Waals surface area contributed by atoms with E-state index in [1.54, 1.807) is 41.3 Å². The molecule has 0 aliphatic carbocycles. The highest BCUT2D eigenvalue weighted by atomic mass is 16.2. The van der Waals surface area contributed by atoms with Gasteiger partial charge in [-0.2, -0.15) is 10.2 Å². The van der Waals surface area contributed by atoms with Gasteiger partial charge >= 0.3 is 0 Å². The fraction of sp³-hybridized carbons (Fsp3) is 0.107. The van der Waals surface area contributed by atoms with E-state index in [0.717, 1.165) is 22.4 Å². The van der Waals surface area contributed by atoms with Gasteiger partial charge in [-0.15, -0.1) is 0 Å². The van der Waals surface area contributed by atoms with Gasteiger partial charge in [0.15, 0.2) is 5.82 Å². The van der Waals surface area contributed by atoms with Crippen LogP contribution in [0.5, 0.6) is 0 Å². The molecule has 3 aromatic carbocycles. The van der Waals surface area contributed by atoms with Crippen molar-refractivity contribution in [2.75, 3.05) is 5.32 Å². The normalized spacial score (nSPS) is 10.8. The number of nitrogens with zero attached hydrogens (tertiary/aromatic N) is 4. The molecule has 0 spiro atoms. The number of carbonyl (C=O) groups is 2. The summed E-state index contributed by atoms with van der Waals surface area (Å²) >= 11 is 0. The van der Waals surface area contributed by atoms with Crippen molar-refractivity contribution >= 4 is 17.5 Å². The highest BCUT2D eigenvalue weighted by Crippen LogP contribution is 2.17. The number of rotatable bonds is 7. The quantitative estimate of drug-likeness (QED) is 0.311. The molecule has 184 valence electrons. The predicted molar refractivity (Wildman–Crippen MR) is 140 cm³/mol. The molecule has 5 aromatic rings. The molecule has 0 saturated carbocycles. The monoisotopic (exact) mass is 491 g/mol. The third-order valence-electron chi connectivity index (χ3n) is 5.84. The Morgan fingerprint density at radius 3 is 2.49 bits per heavy atom. The van der Waals surface area contributed by atoms with Gasteiger partial charge in [0.1, 0.15) is 5.82 Å². The van der Waals surface area contributed by atoms with Crippen molar-refractivity contribution in [3.05, 3.63) is 113 Å². The Morgan fingerprint density at radius 2 is 1.73 bits per heavy atom. The number of nitrogens with one attached hydrogen (secondary N) is 3. The second-order valence-electron chi connectivity index (χ2n) is 8.65. The molecule has 9 nitrogen and oxygen atoms in total. The molecule has 0 bridgehead atoms. The number of amides is 2. The molecule has 3 N–H and O–H groups in total. The SMILES string of the molecule is Cc1ccc(C(=O)Nc2cnn(-c3ccc(C(=O)NCc4nc(-c5ccccc5)n[nH]4)cc3)c2)c(C)c1. The molecule has 0 unspecified atom stereocenters. The molecule has 37 heavy (non-hydrogen) atoms. The van der Waals surface area contributed by atoms with Gasteiger partial charge in [0.25, 0.3) is 11.8 Å². The van der Waals surface area contributed by atoms with E-state index in [9.17, 15) is 9.59 Å². The Labute approximate surface area is 213 Å². The van der Waals surface area contributed by atoms with E-state index in [1.165, 1.54) is 0 Å². The van der Waals surface area contributed by atoms with Crippen LogP contribution in [-0.2, 0) is 6.54 Å². The summed E-state index contributed by atoms with van der Waals surface area (Å²) < 4.78 is 1.64. The summed E-state index contributed by atoms with van der Waals surface area (Å²) in [5, 5.41) is 17.1. The molecule has 2 heterocycles. The smallest absolute Gasteiger partial charge is 0.256 e. The van der Waals surface area contributed by atoms with Crippen LogP contribution >= 0.6 is 0 Å². The largest absolute Gasteiger partial charge is 0.345 e. The molecule has 0 aliphatic heterocycles. The molecular weight excluding hydrogens is 466 g/mol. The Bertz CT molecular complexity index is 1550. The maximum Gasteiger partial charge on any atom is 0.256 e. The Kier molecular flexibility index (Phi) is 6.58. The lowest BCUT2D eigenvalue weighted by Crippen LogP contribution is -2.23. The third kappa shape index (κ3) is 5.46. The van der Waals surface area contributed by atoms with Gasteiger partial charge in [-0.3, -0.25) is 14.7 Å². The van der Waals surface area contributed by atoms with Crippen LogP contribution in [0.25, 0.3) is 17.1 Å². The molecule has 0 aliphatic rings. The number of H-pyrrole nitrogens is 1. The summed E-state index contributed by atoms with van der Waals surface area (Å²) in [5.74, 6) is 0.728. The number of hydrogen-bond donors (Lipinski definition) is 3. The van der Waals surface area contributed by atoms with Crippen LogP contribution in [0, 0.1) is 13.8 Å². The fourth-order valence-corrected chi connectivity index (χ4v) is 3.92. The van der Waals surface area contributed by atoms with Crippen LogP contribution in [0.3, 0.4) is 0 Å². The first-order chi connectivity index (χ1) is 18.0. The molecule has 0 radical (unpaired) electrons. The number of aromatic amines is 1. The van der Waals surface area contributed by atoms with Crippen molar-refractivity contribution in [3.63, 3.8) is 0 Å². The lowest BCUT2D eigenvalue weighted by molar-refractivity contribution is 0.0949. The molecule has 2 aromatic heterocycles. The Balaban J connectivity index is 1.19. The van der Waals surface area contributed by atoms with Crippen LogP contribution in [-0.4, -0.2) is 36.8 Å². The van der Waals surface area contributed by atoms with Gasteiger partial charge < -0.3 is 10.6 Å². The lowest BCUT2D eigenvalue weighted by atomic mass is 10.1. The zero-order valence-electron chi connectivity index (χ0n) is 20.4. The second kappa shape index (κ2) is 10.3. The third-order valence-corrected chi connectivity index (χ3v) is 5.84. The van der Waals surface area contributed by atoms with Gasteiger partial charge in [-0.25, -0.2) is 9.67 Å². The van der Waals surface area contributed by atoms with E-state index in [-0.39, 0.29) is 18.4 Å². The van der Waals surface area contributed by atoms with E-state index < -0.39 is 0 Å². The number of carbonyl (C=O) groups excluding carboxylic acids is 2. The summed E-state index contributed by atoms with van der Waals surface area (Å²) in [7, 11) is 0. The minimum Gasteiger partial charge on any atom is -0.345 e. The first-order valence-corrected chi connectivity index (χ1v) is 11.7. The maximum absolute atomic E-state index is 12.6. The minimum atomic E-state index is -0.230. The highest BCUT2D eigenvalue weighted by Gasteiger charge is 2.12. The van der Waals surface area contributed by atoms with Gasteiger partial charge in [-0.05, 0) is 49.7 Å². The average molecular weight is 492 g/mol. The van der Waals surface area contributed by atoms with Crippen LogP contribution in [0.2, 0.25) is 0 Å². The van der Waals surface area contributed by atoms with Crippen molar-refractivity contribution < 1.29 is 9.59 Å². The van der Waals surface area contributed by atoms with E-state index in [0.29, 0.717) is 28.5 Å². The van der Waals surface area contributed by atoms with Gasteiger partial charge in [0.2, 0.25) is 0 Å². The molecular formula is C28H25N7O2. The highest BCUT2D eigenvalue weighted by molar-refractivity contribution is 6.05. The molecule has 0 atom stereocenters. The van der Waals surface area contributed by atoms with Crippen molar-refractivity contribution in [1.82, 2.24) is 30.3 Å². The number of benzene rings is 3. The number of hydrogen-bond acceptors (Lipinski definition) is 5. The summed E-state index contributed by atoms with van der Waals surface area (Å²) in [6.07, 6.45) is 3.31. The first kappa shape index (κ1) is 23.7. The van der Waals surface area contributed by atoms with Crippen molar-refractivity contribution in [3.8, 4) is 17.1 Å². The Morgan fingerprint density at radius 1 is 0.946 bits per heavy atom. The summed E-state index contributed by atoms with van der Waals surface area (Å²) in [6.45, 7) is 4.13. The van der Waals surface area contributed by atoms with Gasteiger partial charge in [0, 0.05) is 16.7 Å². The van der Waals surface area contributed by atoms with Crippen LogP contribution in [0.1, 0.15) is 37.7 Å². The zero-order chi connectivity index (χ0) is 25.8. The fourth-order valence-electron chi connectivity index (χ4n) is 3.92. The average Bonchev–Trinajstić information content (AvgIpc) is 3.58. The summed E-state index contributed by atoms with van der Waals surface area (Å²) in [5.41, 5.74) is 5.38. The number of anilines is 1. The molecule has 9 heteroatoms. The van der Waals surface area contributed by atoms with Crippen molar-refractivity contribution in [1.29, 1.82) is 0 Å². The minimum absolute atomic E-state index is 0.188. The van der Waals surface area contributed by atoms with Crippen molar-refractivity contribution in [2.24, 2.45) is 0 Å². The predicted octanol–water partition coefficient (Wildman–Crippen LogP) is 4.46. The van der Waals surface area contributed by atoms with Crippen LogP contribution in [0.15, 0.2) is 85.2 Å². The first-order valence-electron chi connectivity index (χ1n) is 11.7. The van der Waals surface area contributed by atoms with E-state index in [1.807, 2.05) is 62.4 Å². The summed E-state index contributed by atoms with van der Waals surface area (Å²) in [4.78, 5) is 29.7. The molecule has 0 fully saturated rings.